The van der Waals surface area contributed by atoms with Gasteiger partial charge in [-0.1, -0.05) is 6.07 Å². The number of aryl methyl sites for hydroxylation is 1. The van der Waals surface area contributed by atoms with Crippen LogP contribution in [0.5, 0.6) is 0 Å². The highest BCUT2D eigenvalue weighted by Gasteiger charge is 2.26. The third-order valence-corrected chi connectivity index (χ3v) is 4.24. The van der Waals surface area contributed by atoms with Crippen molar-refractivity contribution in [3.63, 3.8) is 0 Å². The van der Waals surface area contributed by atoms with E-state index < -0.39 is 4.92 Å². The lowest BCUT2D eigenvalue weighted by atomic mass is 9.81. The quantitative estimate of drug-likeness (QED) is 0.658. The molecule has 0 aromatic heterocycles. The van der Waals surface area contributed by atoms with E-state index in [0.717, 1.165) is 31.2 Å². The topological polar surface area (TPSA) is 98.3 Å². The SMILES string of the molecule is Cc1ccc([N+](=O)[O-])cc1NC(=O)C1CCC(CN)CC1. The molecule has 21 heavy (non-hydrogen) atoms. The lowest BCUT2D eigenvalue weighted by molar-refractivity contribution is -0.384. The second-order valence-corrected chi connectivity index (χ2v) is 5.70. The highest BCUT2D eigenvalue weighted by molar-refractivity contribution is 5.93. The maximum Gasteiger partial charge on any atom is 0.271 e. The van der Waals surface area contributed by atoms with Crippen LogP contribution in [0.15, 0.2) is 18.2 Å². The Morgan fingerprint density at radius 1 is 1.38 bits per heavy atom. The van der Waals surface area contributed by atoms with Crippen LogP contribution >= 0.6 is 0 Å². The predicted octanol–water partition coefficient (Wildman–Crippen LogP) is 2.61. The van der Waals surface area contributed by atoms with Gasteiger partial charge in [0.1, 0.15) is 0 Å². The number of nitrogens with zero attached hydrogens (tertiary/aromatic N) is 1. The molecule has 6 nitrogen and oxygen atoms in total. The first-order valence-electron chi connectivity index (χ1n) is 7.27. The molecule has 1 aromatic carbocycles. The molecule has 1 aliphatic rings. The highest BCUT2D eigenvalue weighted by Crippen LogP contribution is 2.30. The maximum atomic E-state index is 12.3. The van der Waals surface area contributed by atoms with Crippen LogP contribution in [0.2, 0.25) is 0 Å². The van der Waals surface area contributed by atoms with Gasteiger partial charge in [0, 0.05) is 18.1 Å². The van der Waals surface area contributed by atoms with Crippen LogP contribution in [0, 0.1) is 28.9 Å². The van der Waals surface area contributed by atoms with Gasteiger partial charge >= 0.3 is 0 Å². The van der Waals surface area contributed by atoms with Crippen LogP contribution < -0.4 is 11.1 Å². The summed E-state index contributed by atoms with van der Waals surface area (Å²) in [6, 6.07) is 4.51. The van der Waals surface area contributed by atoms with E-state index in [4.69, 9.17) is 5.73 Å². The van der Waals surface area contributed by atoms with E-state index in [1.165, 1.54) is 12.1 Å². The number of amides is 1. The zero-order valence-electron chi connectivity index (χ0n) is 12.2. The van der Waals surface area contributed by atoms with Gasteiger partial charge in [-0.25, -0.2) is 0 Å². The van der Waals surface area contributed by atoms with E-state index in [1.807, 2.05) is 6.92 Å². The van der Waals surface area contributed by atoms with E-state index in [9.17, 15) is 14.9 Å². The molecule has 0 aliphatic heterocycles. The molecular weight excluding hydrogens is 270 g/mol. The average Bonchev–Trinajstić information content (AvgIpc) is 2.49. The van der Waals surface area contributed by atoms with Crippen molar-refractivity contribution < 1.29 is 9.72 Å². The summed E-state index contributed by atoms with van der Waals surface area (Å²) in [6.45, 7) is 2.50. The van der Waals surface area contributed by atoms with Gasteiger partial charge in [-0.3, -0.25) is 14.9 Å². The number of carbonyl (C=O) groups excluding carboxylic acids is 1. The summed E-state index contributed by atoms with van der Waals surface area (Å²) < 4.78 is 0. The van der Waals surface area contributed by atoms with Crippen molar-refractivity contribution in [2.24, 2.45) is 17.6 Å². The van der Waals surface area contributed by atoms with Gasteiger partial charge in [0.05, 0.1) is 10.6 Å². The number of non-ortho nitro benzene ring substituents is 1. The largest absolute Gasteiger partial charge is 0.330 e. The fourth-order valence-electron chi connectivity index (χ4n) is 2.75. The van der Waals surface area contributed by atoms with Crippen LogP contribution in [0.3, 0.4) is 0 Å². The molecule has 3 N–H and O–H groups in total. The van der Waals surface area contributed by atoms with E-state index in [2.05, 4.69) is 5.32 Å². The molecular formula is C15H21N3O3. The number of carbonyl (C=O) groups is 1. The van der Waals surface area contributed by atoms with Crippen molar-refractivity contribution in [3.05, 3.63) is 33.9 Å². The Labute approximate surface area is 123 Å². The molecule has 1 amide bonds. The first-order chi connectivity index (χ1) is 10.0. The molecule has 0 spiro atoms. The van der Waals surface area contributed by atoms with Crippen LogP contribution in [-0.4, -0.2) is 17.4 Å². The molecule has 1 aromatic rings. The minimum atomic E-state index is -0.457. The fourth-order valence-corrected chi connectivity index (χ4v) is 2.75. The van der Waals surface area contributed by atoms with Crippen LogP contribution in [0.1, 0.15) is 31.2 Å². The van der Waals surface area contributed by atoms with Crippen molar-refractivity contribution in [2.45, 2.75) is 32.6 Å². The van der Waals surface area contributed by atoms with Gasteiger partial charge in [-0.15, -0.1) is 0 Å². The molecule has 0 saturated heterocycles. The predicted molar refractivity (Wildman–Crippen MR) is 81.0 cm³/mol. The lowest BCUT2D eigenvalue weighted by Crippen LogP contribution is -2.29. The van der Waals surface area contributed by atoms with Gasteiger partial charge in [0.25, 0.3) is 5.69 Å². The number of nitrogens with one attached hydrogen (secondary N) is 1. The Kier molecular flexibility index (Phi) is 4.90. The van der Waals surface area contributed by atoms with Crippen molar-refractivity contribution in [3.8, 4) is 0 Å². The molecule has 0 atom stereocenters. The Balaban J connectivity index is 2.03. The number of nitro benzene ring substituents is 1. The van der Waals surface area contributed by atoms with Crippen molar-refractivity contribution in [2.75, 3.05) is 11.9 Å². The summed E-state index contributed by atoms with van der Waals surface area (Å²) in [5.74, 6) is 0.453. The van der Waals surface area contributed by atoms with Gasteiger partial charge < -0.3 is 11.1 Å². The van der Waals surface area contributed by atoms with Gasteiger partial charge in [-0.2, -0.15) is 0 Å². The standard InChI is InChI=1S/C15H21N3O3/c1-10-2-7-13(18(20)21)8-14(10)17-15(19)12-5-3-11(9-16)4-6-12/h2,7-8,11-12H,3-6,9,16H2,1H3,(H,17,19). The molecule has 114 valence electrons. The van der Waals surface area contributed by atoms with E-state index >= 15 is 0 Å². The first kappa shape index (κ1) is 15.4. The number of rotatable bonds is 4. The molecule has 1 fully saturated rings. The number of nitrogens with two attached hydrogens (primary N) is 1. The Morgan fingerprint density at radius 3 is 2.62 bits per heavy atom. The summed E-state index contributed by atoms with van der Waals surface area (Å²) in [5, 5.41) is 13.6. The summed E-state index contributed by atoms with van der Waals surface area (Å²) in [4.78, 5) is 22.6. The number of hydrogen-bond donors (Lipinski definition) is 2. The smallest absolute Gasteiger partial charge is 0.271 e. The molecule has 0 bridgehead atoms. The molecule has 1 saturated carbocycles. The third-order valence-electron chi connectivity index (χ3n) is 4.24. The van der Waals surface area contributed by atoms with E-state index in [-0.39, 0.29) is 17.5 Å². The van der Waals surface area contributed by atoms with Crippen LogP contribution in [-0.2, 0) is 4.79 Å². The van der Waals surface area contributed by atoms with E-state index in [0.29, 0.717) is 18.2 Å². The van der Waals surface area contributed by atoms with Crippen molar-refractivity contribution in [1.29, 1.82) is 0 Å². The monoisotopic (exact) mass is 291 g/mol. The fraction of sp³-hybridized carbons (Fsp3) is 0.533. The summed E-state index contributed by atoms with van der Waals surface area (Å²) >= 11 is 0. The second kappa shape index (κ2) is 6.67. The highest BCUT2D eigenvalue weighted by atomic mass is 16.6. The molecule has 6 heteroatoms. The molecule has 0 radical (unpaired) electrons. The van der Waals surface area contributed by atoms with Gasteiger partial charge in [0.2, 0.25) is 5.91 Å². The van der Waals surface area contributed by atoms with E-state index in [1.54, 1.807) is 6.07 Å². The first-order valence-corrected chi connectivity index (χ1v) is 7.27. The Morgan fingerprint density at radius 2 is 2.05 bits per heavy atom. The maximum absolute atomic E-state index is 12.3. The Bertz CT molecular complexity index is 537. The van der Waals surface area contributed by atoms with Gasteiger partial charge in [-0.05, 0) is 50.6 Å². The Hall–Kier alpha value is -1.95. The van der Waals surface area contributed by atoms with Gasteiger partial charge in [0.15, 0.2) is 0 Å². The third kappa shape index (κ3) is 3.78. The molecule has 2 rings (SSSR count). The average molecular weight is 291 g/mol. The summed E-state index contributed by atoms with van der Waals surface area (Å²) in [6.07, 6.45) is 3.62. The minimum Gasteiger partial charge on any atom is -0.330 e. The number of hydrogen-bond acceptors (Lipinski definition) is 4. The zero-order valence-corrected chi connectivity index (χ0v) is 12.2. The number of benzene rings is 1. The van der Waals surface area contributed by atoms with Crippen LogP contribution in [0.4, 0.5) is 11.4 Å². The zero-order chi connectivity index (χ0) is 15.4. The summed E-state index contributed by atoms with van der Waals surface area (Å²) in [7, 11) is 0. The molecule has 1 aliphatic carbocycles. The minimum absolute atomic E-state index is 0.0114. The lowest BCUT2D eigenvalue weighted by Gasteiger charge is -2.26. The summed E-state index contributed by atoms with van der Waals surface area (Å²) in [5.41, 5.74) is 6.98. The van der Waals surface area contributed by atoms with Crippen molar-refractivity contribution >= 4 is 17.3 Å². The molecule has 0 unspecified atom stereocenters. The number of nitro groups is 1. The number of anilines is 1. The van der Waals surface area contributed by atoms with Crippen molar-refractivity contribution in [1.82, 2.24) is 0 Å². The normalized spacial score (nSPS) is 21.8. The van der Waals surface area contributed by atoms with Crippen LogP contribution in [0.25, 0.3) is 0 Å². The molecule has 0 heterocycles. The second-order valence-electron chi connectivity index (χ2n) is 5.70.